The minimum Gasteiger partial charge on any atom is -1.00 e. The molecule has 0 unspecified atom stereocenters. The Kier molecular flexibility index (Phi) is 8.21. The summed E-state index contributed by atoms with van der Waals surface area (Å²) in [7, 11) is 0. The fourth-order valence-electron chi connectivity index (χ4n) is 2.36. The van der Waals surface area contributed by atoms with Crippen LogP contribution < -0.4 is 22.7 Å². The Morgan fingerprint density at radius 1 is 0.778 bits per heavy atom. The summed E-state index contributed by atoms with van der Waals surface area (Å²) in [4.78, 5) is 3.22. The number of nitrogens with one attached hydrogen (secondary N) is 2. The zero-order valence-corrected chi connectivity index (χ0v) is 17.1. The van der Waals surface area contributed by atoms with Gasteiger partial charge in [0.1, 0.15) is 0 Å². The molecule has 3 aromatic carbocycles. The maximum atomic E-state index is 6.08. The van der Waals surface area contributed by atoms with E-state index in [-0.39, 0.29) is 12.4 Å². The molecule has 0 fully saturated rings. The molecule has 2 N–H and O–H groups in total. The lowest BCUT2D eigenvalue weighted by Crippen LogP contribution is -3.00. The highest BCUT2D eigenvalue weighted by atomic mass is 35.5. The second-order valence-electron chi connectivity index (χ2n) is 5.54. The highest BCUT2D eigenvalue weighted by molar-refractivity contribution is 6.31. The Balaban J connectivity index is 0.00000261. The number of hydrogen-bond acceptors (Lipinski definition) is 1. The topological polar surface area (TPSA) is 26.0 Å². The van der Waals surface area contributed by atoms with Gasteiger partial charge in [-0.3, -0.25) is 0 Å². The van der Waals surface area contributed by atoms with E-state index in [0.29, 0.717) is 15.1 Å². The Hall–Kier alpha value is -1.97. The van der Waals surface area contributed by atoms with Crippen LogP contribution in [0, 0.1) is 0 Å². The first-order valence-corrected chi connectivity index (χ1v) is 9.08. The zero-order valence-electron chi connectivity index (χ0n) is 14.1. The van der Waals surface area contributed by atoms with Crippen molar-refractivity contribution in [2.75, 3.05) is 5.32 Å². The minimum absolute atomic E-state index is 0. The van der Waals surface area contributed by atoms with E-state index in [1.807, 2.05) is 85.1 Å². The van der Waals surface area contributed by atoms with Crippen molar-refractivity contribution < 1.29 is 17.4 Å². The molecule has 3 aromatic rings. The van der Waals surface area contributed by atoms with E-state index in [4.69, 9.17) is 34.8 Å². The van der Waals surface area contributed by atoms with E-state index >= 15 is 0 Å². The van der Waals surface area contributed by atoms with Crippen LogP contribution in [0.2, 0.25) is 15.1 Å². The molecule has 0 aliphatic rings. The van der Waals surface area contributed by atoms with Crippen LogP contribution in [0.25, 0.3) is 5.70 Å². The maximum absolute atomic E-state index is 6.08. The average Bonchev–Trinajstić information content (AvgIpc) is 2.62. The van der Waals surface area contributed by atoms with Gasteiger partial charge in [-0.2, -0.15) is 0 Å². The lowest BCUT2D eigenvalue weighted by molar-refractivity contribution is -0.346. The zero-order chi connectivity index (χ0) is 18.4. The number of benzene rings is 3. The molecule has 0 saturated heterocycles. The third-order valence-electron chi connectivity index (χ3n) is 3.58. The average molecular weight is 438 g/mol. The van der Waals surface area contributed by atoms with Crippen molar-refractivity contribution in [2.24, 2.45) is 0 Å². The van der Waals surface area contributed by atoms with Gasteiger partial charge in [-0.05, 0) is 42.0 Å². The first kappa shape index (κ1) is 21.3. The van der Waals surface area contributed by atoms with E-state index in [1.165, 1.54) is 0 Å². The second kappa shape index (κ2) is 10.4. The monoisotopic (exact) mass is 436 g/mol. The lowest BCUT2D eigenvalue weighted by Gasteiger charge is -2.11. The van der Waals surface area contributed by atoms with Gasteiger partial charge in [0, 0.05) is 39.0 Å². The van der Waals surface area contributed by atoms with Gasteiger partial charge in [0.2, 0.25) is 5.69 Å². The molecule has 0 amide bonds. The maximum Gasteiger partial charge on any atom is 0.204 e. The fourth-order valence-corrected chi connectivity index (χ4v) is 2.87. The van der Waals surface area contributed by atoms with Crippen LogP contribution in [0.1, 0.15) is 5.56 Å². The van der Waals surface area contributed by atoms with Gasteiger partial charge in [0.15, 0.2) is 6.21 Å². The largest absolute Gasteiger partial charge is 1.00 e. The predicted molar refractivity (Wildman–Crippen MR) is 113 cm³/mol. The summed E-state index contributed by atoms with van der Waals surface area (Å²) in [6.45, 7) is 0. The molecule has 27 heavy (non-hydrogen) atoms. The van der Waals surface area contributed by atoms with Gasteiger partial charge in [-0.15, -0.1) is 0 Å². The second-order valence-corrected chi connectivity index (χ2v) is 6.85. The minimum atomic E-state index is 0. The number of hydrogen-bond donors (Lipinski definition) is 2. The van der Waals surface area contributed by atoms with Crippen molar-refractivity contribution in [3.05, 3.63) is 99.5 Å². The van der Waals surface area contributed by atoms with Gasteiger partial charge in [-0.25, -0.2) is 4.99 Å². The molecule has 0 saturated carbocycles. The number of allylic oxidation sites excluding steroid dienone is 1. The molecule has 0 heterocycles. The third kappa shape index (κ3) is 6.60. The smallest absolute Gasteiger partial charge is 0.204 e. The van der Waals surface area contributed by atoms with Gasteiger partial charge in [0.25, 0.3) is 0 Å². The van der Waals surface area contributed by atoms with Crippen molar-refractivity contribution in [3.8, 4) is 0 Å². The summed E-state index contributed by atoms with van der Waals surface area (Å²) in [5.41, 5.74) is 3.71. The molecule has 2 nitrogen and oxygen atoms in total. The van der Waals surface area contributed by atoms with E-state index in [1.54, 1.807) is 0 Å². The standard InChI is InChI=1S/C21H15Cl3N2.ClH/c22-16-9-7-15(8-10-16)21(26-20-6-2-4-18(24)14-20)11-12-25-19-5-1-3-17(23)13-19;/h1-14,26H;1H/b21-11+,25-12?;. The van der Waals surface area contributed by atoms with Crippen molar-refractivity contribution in [1.82, 2.24) is 0 Å². The van der Waals surface area contributed by atoms with Gasteiger partial charge < -0.3 is 17.7 Å². The van der Waals surface area contributed by atoms with Crippen LogP contribution in [0.3, 0.4) is 0 Å². The normalized spacial score (nSPS) is 11.3. The first-order chi connectivity index (χ1) is 12.6. The van der Waals surface area contributed by atoms with Crippen LogP contribution in [0.15, 0.2) is 78.9 Å². The Morgan fingerprint density at radius 3 is 2.11 bits per heavy atom. The van der Waals surface area contributed by atoms with Crippen LogP contribution in [-0.2, 0) is 0 Å². The van der Waals surface area contributed by atoms with Crippen molar-refractivity contribution in [2.45, 2.75) is 0 Å². The highest BCUT2D eigenvalue weighted by Gasteiger charge is 2.04. The van der Waals surface area contributed by atoms with Crippen LogP contribution in [-0.4, -0.2) is 6.21 Å². The van der Waals surface area contributed by atoms with Gasteiger partial charge in [0.05, 0.1) is 5.70 Å². The lowest BCUT2D eigenvalue weighted by atomic mass is 10.1. The molecule has 0 radical (unpaired) electrons. The van der Waals surface area contributed by atoms with E-state index < -0.39 is 0 Å². The SMILES string of the molecule is Clc1ccc(/C(=C\C=[NH+]c2cccc(Cl)c2)Nc2cccc(Cl)c2)cc1.[Cl-]. The van der Waals surface area contributed by atoms with Crippen molar-refractivity contribution in [1.29, 1.82) is 0 Å². The Labute approximate surface area is 179 Å². The summed E-state index contributed by atoms with van der Waals surface area (Å²) in [5.74, 6) is 0. The summed E-state index contributed by atoms with van der Waals surface area (Å²) in [6, 6.07) is 22.7. The highest BCUT2D eigenvalue weighted by Crippen LogP contribution is 2.22. The Bertz CT molecular complexity index is 950. The van der Waals surface area contributed by atoms with E-state index in [0.717, 1.165) is 22.6 Å². The van der Waals surface area contributed by atoms with Gasteiger partial charge in [-0.1, -0.05) is 59.1 Å². The van der Waals surface area contributed by atoms with Crippen LogP contribution >= 0.6 is 34.8 Å². The third-order valence-corrected chi connectivity index (χ3v) is 4.31. The molecule has 0 atom stereocenters. The van der Waals surface area contributed by atoms with E-state index in [2.05, 4.69) is 10.3 Å². The predicted octanol–water partition coefficient (Wildman–Crippen LogP) is 2.59. The first-order valence-electron chi connectivity index (χ1n) is 7.94. The molecule has 6 heteroatoms. The quantitative estimate of drug-likeness (QED) is 0.589. The molecular formula is C21H16Cl4N2. The summed E-state index contributed by atoms with van der Waals surface area (Å²) in [6.07, 6.45) is 3.80. The summed E-state index contributed by atoms with van der Waals surface area (Å²) in [5, 5.41) is 5.44. The fraction of sp³-hybridized carbons (Fsp3) is 0. The number of rotatable bonds is 5. The Morgan fingerprint density at radius 2 is 1.44 bits per heavy atom. The molecule has 3 rings (SSSR count). The van der Waals surface area contributed by atoms with Gasteiger partial charge >= 0.3 is 0 Å². The van der Waals surface area contributed by atoms with Crippen molar-refractivity contribution in [3.63, 3.8) is 0 Å². The molecular weight excluding hydrogens is 422 g/mol. The van der Waals surface area contributed by atoms with Crippen LogP contribution in [0.5, 0.6) is 0 Å². The number of anilines is 1. The summed E-state index contributed by atoms with van der Waals surface area (Å²) < 4.78 is 0. The van der Waals surface area contributed by atoms with E-state index in [9.17, 15) is 0 Å². The molecule has 0 spiro atoms. The van der Waals surface area contributed by atoms with Crippen molar-refractivity contribution >= 4 is 58.1 Å². The summed E-state index contributed by atoms with van der Waals surface area (Å²) >= 11 is 18.1. The molecule has 0 aromatic heterocycles. The molecule has 0 aliphatic heterocycles. The van der Waals surface area contributed by atoms with Crippen LogP contribution in [0.4, 0.5) is 11.4 Å². The molecule has 0 aliphatic carbocycles. The molecule has 138 valence electrons. The molecule has 0 bridgehead atoms. The number of halogens is 4.